The molecule has 6 heteroatoms. The van der Waals surface area contributed by atoms with Crippen LogP contribution in [0.1, 0.15) is 91.9 Å². The van der Waals surface area contributed by atoms with Gasteiger partial charge >= 0.3 is 5.97 Å². The third-order valence-electron chi connectivity index (χ3n) is 10.8. The molecule has 0 heterocycles. The largest absolute Gasteiger partial charge is 0.461 e. The van der Waals surface area contributed by atoms with Gasteiger partial charge in [-0.1, -0.05) is 49.5 Å². The standard InChI is InChI=1S/C28H46BrNO4/c1-6-7-8-22(30-5)26(33)34-24-15-28(4)19(16(2)31)11-12-20(28)18-10-9-17-13-23(32)21(29)14-27(17,3)25(18)24/h17-25,30,32H,6-15H2,1-5H3/t17-,18-,19+,20-,21-,22?,23-,24-,25+,27-,28+/m0/s1. The van der Waals surface area contributed by atoms with Crippen LogP contribution in [0.5, 0.6) is 0 Å². The molecule has 4 aliphatic rings. The van der Waals surface area contributed by atoms with Crippen molar-refractivity contribution < 1.29 is 19.4 Å². The summed E-state index contributed by atoms with van der Waals surface area (Å²) in [6.07, 6.45) is 9.21. The number of esters is 1. The van der Waals surface area contributed by atoms with Gasteiger partial charge in [-0.2, -0.15) is 0 Å². The molecule has 34 heavy (non-hydrogen) atoms. The average Bonchev–Trinajstić information content (AvgIpc) is 3.12. The second-order valence-corrected chi connectivity index (χ2v) is 13.7. The van der Waals surface area contributed by atoms with E-state index >= 15 is 0 Å². The van der Waals surface area contributed by atoms with Gasteiger partial charge in [-0.05, 0) is 93.9 Å². The van der Waals surface area contributed by atoms with Crippen molar-refractivity contribution in [3.05, 3.63) is 0 Å². The molecule has 11 atom stereocenters. The number of Topliss-reactive ketones (excluding diaryl/α,β-unsaturated/α-hetero) is 1. The molecule has 5 nitrogen and oxygen atoms in total. The lowest BCUT2D eigenvalue weighted by atomic mass is 9.43. The van der Waals surface area contributed by atoms with Crippen molar-refractivity contribution in [2.75, 3.05) is 7.05 Å². The lowest BCUT2D eigenvalue weighted by Crippen LogP contribution is -2.61. The number of unbranched alkanes of at least 4 members (excludes halogenated alkanes) is 1. The number of likely N-dealkylation sites (N-methyl/N-ethyl adjacent to an activating group) is 1. The maximum atomic E-state index is 13.4. The number of ketones is 1. The van der Waals surface area contributed by atoms with Crippen LogP contribution in [0.3, 0.4) is 0 Å². The fourth-order valence-corrected chi connectivity index (χ4v) is 10.0. The molecule has 0 spiro atoms. The topological polar surface area (TPSA) is 75.6 Å². The van der Waals surface area contributed by atoms with E-state index in [4.69, 9.17) is 4.74 Å². The second kappa shape index (κ2) is 10.1. The molecule has 4 saturated carbocycles. The third kappa shape index (κ3) is 4.42. The average molecular weight is 541 g/mol. The van der Waals surface area contributed by atoms with E-state index in [1.807, 2.05) is 7.05 Å². The first-order valence-electron chi connectivity index (χ1n) is 13.8. The Labute approximate surface area is 214 Å². The lowest BCUT2D eigenvalue weighted by Gasteiger charge is -2.63. The van der Waals surface area contributed by atoms with Crippen LogP contribution in [0.15, 0.2) is 0 Å². The predicted octanol–water partition coefficient (Wildman–Crippen LogP) is 5.27. The maximum absolute atomic E-state index is 13.4. The normalized spacial score (nSPS) is 46.7. The first kappa shape index (κ1) is 26.6. The molecule has 0 aromatic heterocycles. The number of alkyl halides is 1. The van der Waals surface area contributed by atoms with Crippen LogP contribution in [-0.4, -0.2) is 47.0 Å². The molecule has 194 valence electrons. The van der Waals surface area contributed by atoms with Crippen LogP contribution in [0.2, 0.25) is 0 Å². The van der Waals surface area contributed by atoms with Gasteiger partial charge in [0.05, 0.1) is 6.10 Å². The number of aliphatic hydroxyl groups is 1. The summed E-state index contributed by atoms with van der Waals surface area (Å²) in [5, 5.41) is 13.8. The summed E-state index contributed by atoms with van der Waals surface area (Å²) in [5.74, 6) is 1.97. The number of carbonyl (C=O) groups is 2. The molecule has 2 N–H and O–H groups in total. The highest BCUT2D eigenvalue weighted by molar-refractivity contribution is 9.09. The van der Waals surface area contributed by atoms with E-state index in [-0.39, 0.29) is 51.7 Å². The quantitative estimate of drug-likeness (QED) is 0.340. The van der Waals surface area contributed by atoms with Gasteiger partial charge in [-0.25, -0.2) is 0 Å². The van der Waals surface area contributed by atoms with Gasteiger partial charge in [0.2, 0.25) is 0 Å². The summed E-state index contributed by atoms with van der Waals surface area (Å²) in [5.41, 5.74) is -0.0723. The molecule has 1 unspecified atom stereocenters. The zero-order valence-corrected chi connectivity index (χ0v) is 23.4. The SMILES string of the molecule is CCCCC(NC)C(=O)O[C@H]1C[C@]2(C)[C@@H](C(C)=O)CC[C@H]2[C@@H]2CC[C@H]3C[C@H](O)[C@@H](Br)C[C@]3(C)[C@H]21. The highest BCUT2D eigenvalue weighted by Gasteiger charge is 2.65. The second-order valence-electron chi connectivity index (χ2n) is 12.5. The number of carbonyl (C=O) groups excluding carboxylic acids is 2. The predicted molar refractivity (Wildman–Crippen MR) is 138 cm³/mol. The lowest BCUT2D eigenvalue weighted by molar-refractivity contribution is -0.199. The highest BCUT2D eigenvalue weighted by atomic mass is 79.9. The monoisotopic (exact) mass is 539 g/mol. The van der Waals surface area contributed by atoms with Gasteiger partial charge in [0.1, 0.15) is 17.9 Å². The molecular weight excluding hydrogens is 494 g/mol. The summed E-state index contributed by atoms with van der Waals surface area (Å²) < 4.78 is 6.50. The summed E-state index contributed by atoms with van der Waals surface area (Å²) in [7, 11) is 1.85. The van der Waals surface area contributed by atoms with Gasteiger partial charge in [0, 0.05) is 16.7 Å². The van der Waals surface area contributed by atoms with Gasteiger partial charge in [0.25, 0.3) is 0 Å². The van der Waals surface area contributed by atoms with Crippen molar-refractivity contribution in [1.29, 1.82) is 0 Å². The maximum Gasteiger partial charge on any atom is 0.323 e. The first-order valence-corrected chi connectivity index (χ1v) is 14.7. The van der Waals surface area contributed by atoms with Crippen LogP contribution in [-0.2, 0) is 14.3 Å². The van der Waals surface area contributed by atoms with Gasteiger partial charge < -0.3 is 15.2 Å². The van der Waals surface area contributed by atoms with Crippen LogP contribution in [0, 0.1) is 40.4 Å². The molecule has 0 radical (unpaired) electrons. The summed E-state index contributed by atoms with van der Waals surface area (Å²) in [4.78, 5) is 26.2. The third-order valence-corrected chi connectivity index (χ3v) is 11.7. The van der Waals surface area contributed by atoms with Gasteiger partial charge in [0.15, 0.2) is 0 Å². The number of halogens is 1. The number of rotatable bonds is 7. The Balaban J connectivity index is 1.69. The minimum Gasteiger partial charge on any atom is -0.461 e. The fourth-order valence-electron chi connectivity index (χ4n) is 9.12. The molecule has 0 amide bonds. The number of aliphatic hydroxyl groups excluding tert-OH is 1. The van der Waals surface area contributed by atoms with Crippen molar-refractivity contribution in [3.8, 4) is 0 Å². The van der Waals surface area contributed by atoms with E-state index in [2.05, 4.69) is 42.0 Å². The van der Waals surface area contributed by atoms with Crippen molar-refractivity contribution >= 4 is 27.7 Å². The van der Waals surface area contributed by atoms with E-state index in [9.17, 15) is 14.7 Å². The number of ether oxygens (including phenoxy) is 1. The molecular formula is C28H46BrNO4. The van der Waals surface area contributed by atoms with Crippen molar-refractivity contribution in [2.45, 2.75) is 115 Å². The van der Waals surface area contributed by atoms with E-state index in [1.165, 1.54) is 0 Å². The van der Waals surface area contributed by atoms with E-state index in [0.29, 0.717) is 23.5 Å². The van der Waals surface area contributed by atoms with Gasteiger partial charge in [-0.3, -0.25) is 9.59 Å². The Morgan fingerprint density at radius 3 is 2.53 bits per heavy atom. The van der Waals surface area contributed by atoms with Crippen LogP contribution < -0.4 is 5.32 Å². The molecule has 4 fully saturated rings. The van der Waals surface area contributed by atoms with Crippen molar-refractivity contribution in [3.63, 3.8) is 0 Å². The Bertz CT molecular complexity index is 776. The molecule has 4 aliphatic carbocycles. The van der Waals surface area contributed by atoms with Crippen molar-refractivity contribution in [2.24, 2.45) is 40.4 Å². The summed E-state index contributed by atoms with van der Waals surface area (Å²) >= 11 is 3.78. The zero-order valence-electron chi connectivity index (χ0n) is 21.8. The summed E-state index contributed by atoms with van der Waals surface area (Å²) in [6.45, 7) is 8.61. The van der Waals surface area contributed by atoms with E-state index in [1.54, 1.807) is 6.92 Å². The molecule has 0 aromatic rings. The zero-order chi connectivity index (χ0) is 24.8. The number of hydrogen-bond acceptors (Lipinski definition) is 5. The minimum atomic E-state index is -0.305. The van der Waals surface area contributed by atoms with Gasteiger partial charge in [-0.15, -0.1) is 0 Å². The fraction of sp³-hybridized carbons (Fsp3) is 0.929. The smallest absolute Gasteiger partial charge is 0.323 e. The molecule has 0 aromatic carbocycles. The summed E-state index contributed by atoms with van der Waals surface area (Å²) in [6, 6.07) is -0.277. The van der Waals surface area contributed by atoms with E-state index in [0.717, 1.165) is 64.2 Å². The molecule has 4 rings (SSSR count). The van der Waals surface area contributed by atoms with Crippen LogP contribution in [0.4, 0.5) is 0 Å². The van der Waals surface area contributed by atoms with Crippen LogP contribution in [0.25, 0.3) is 0 Å². The highest BCUT2D eigenvalue weighted by Crippen LogP contribution is 2.68. The first-order chi connectivity index (χ1) is 16.1. The van der Waals surface area contributed by atoms with E-state index < -0.39 is 0 Å². The number of fused-ring (bicyclic) bond motifs is 5. The van der Waals surface area contributed by atoms with Crippen LogP contribution >= 0.6 is 15.9 Å². The number of nitrogens with one attached hydrogen (secondary N) is 1. The Morgan fingerprint density at radius 1 is 1.15 bits per heavy atom. The minimum absolute atomic E-state index is 0.0233. The Hall–Kier alpha value is -0.460. The molecule has 0 saturated heterocycles. The Kier molecular flexibility index (Phi) is 7.92. The molecule has 0 bridgehead atoms. The number of hydrogen-bond donors (Lipinski definition) is 2. The van der Waals surface area contributed by atoms with Crippen molar-refractivity contribution in [1.82, 2.24) is 5.32 Å². The Morgan fingerprint density at radius 2 is 1.88 bits per heavy atom. The molecule has 0 aliphatic heterocycles.